The van der Waals surface area contributed by atoms with Gasteiger partial charge in [-0.3, -0.25) is 0 Å². The van der Waals surface area contributed by atoms with Crippen LogP contribution in [0, 0.1) is 5.92 Å². The second-order valence-electron chi connectivity index (χ2n) is 5.32. The first-order valence-corrected chi connectivity index (χ1v) is 6.91. The minimum absolute atomic E-state index is 0.298. The zero-order chi connectivity index (χ0) is 14.5. The number of hydrogen-bond acceptors (Lipinski definition) is 2. The first kappa shape index (κ1) is 14.4. The number of piperidine rings is 1. The number of carboxylic acids is 1. The number of carboxylic acid groups (broad SMARTS) is 1. The van der Waals surface area contributed by atoms with Gasteiger partial charge in [-0.15, -0.1) is 0 Å². The van der Waals surface area contributed by atoms with Crippen molar-refractivity contribution in [2.45, 2.75) is 25.8 Å². The Morgan fingerprint density at radius 1 is 1.35 bits per heavy atom. The van der Waals surface area contributed by atoms with Crippen molar-refractivity contribution in [2.24, 2.45) is 5.92 Å². The summed E-state index contributed by atoms with van der Waals surface area (Å²) < 4.78 is 0. The molecule has 0 aliphatic carbocycles. The molecule has 0 radical (unpaired) electrons. The molecule has 5 heteroatoms. The standard InChI is InChI=1S/C15H20N2O3/c1-11-6-5-9-17(10-11)15(20)16-13(14(18)19)12-7-3-2-4-8-12/h2-4,7-8,11,13H,5-6,9-10H2,1H3,(H,16,20)(H,18,19)/t11?,13-/m1/s1. The first-order chi connectivity index (χ1) is 9.58. The summed E-state index contributed by atoms with van der Waals surface area (Å²) >= 11 is 0. The van der Waals surface area contributed by atoms with Gasteiger partial charge in [-0.1, -0.05) is 37.3 Å². The average Bonchev–Trinajstić information content (AvgIpc) is 2.45. The fraction of sp³-hybridized carbons (Fsp3) is 0.467. The van der Waals surface area contributed by atoms with E-state index in [9.17, 15) is 14.7 Å². The minimum Gasteiger partial charge on any atom is -0.479 e. The van der Waals surface area contributed by atoms with E-state index in [1.54, 1.807) is 29.2 Å². The van der Waals surface area contributed by atoms with E-state index in [0.717, 1.165) is 12.8 Å². The Kier molecular flexibility index (Phi) is 4.61. The van der Waals surface area contributed by atoms with Gasteiger partial charge in [0.15, 0.2) is 6.04 Å². The maximum absolute atomic E-state index is 12.2. The number of hydrogen-bond donors (Lipinski definition) is 2. The number of amides is 2. The van der Waals surface area contributed by atoms with Crippen LogP contribution >= 0.6 is 0 Å². The summed E-state index contributed by atoms with van der Waals surface area (Å²) in [7, 11) is 0. The predicted molar refractivity (Wildman–Crippen MR) is 75.3 cm³/mol. The summed E-state index contributed by atoms with van der Waals surface area (Å²) in [6.45, 7) is 3.48. The van der Waals surface area contributed by atoms with Crippen molar-refractivity contribution in [1.82, 2.24) is 10.2 Å². The highest BCUT2D eigenvalue weighted by Gasteiger charge is 2.26. The summed E-state index contributed by atoms with van der Waals surface area (Å²) in [5.74, 6) is -0.580. The highest BCUT2D eigenvalue weighted by Crippen LogP contribution is 2.17. The van der Waals surface area contributed by atoms with Crippen LogP contribution in [0.2, 0.25) is 0 Å². The highest BCUT2D eigenvalue weighted by molar-refractivity contribution is 5.83. The van der Waals surface area contributed by atoms with Gasteiger partial charge in [0.1, 0.15) is 0 Å². The number of nitrogens with zero attached hydrogens (tertiary/aromatic N) is 1. The summed E-state index contributed by atoms with van der Waals surface area (Å²) in [5.41, 5.74) is 0.582. The van der Waals surface area contributed by atoms with Crippen LogP contribution in [-0.2, 0) is 4.79 Å². The van der Waals surface area contributed by atoms with Crippen LogP contribution < -0.4 is 5.32 Å². The van der Waals surface area contributed by atoms with Gasteiger partial charge in [-0.05, 0) is 24.3 Å². The number of likely N-dealkylation sites (tertiary alicyclic amines) is 1. The zero-order valence-corrected chi connectivity index (χ0v) is 11.6. The van der Waals surface area contributed by atoms with Crippen LogP contribution in [0.1, 0.15) is 31.4 Å². The quantitative estimate of drug-likeness (QED) is 0.889. The smallest absolute Gasteiger partial charge is 0.330 e. The van der Waals surface area contributed by atoms with Crippen molar-refractivity contribution in [3.05, 3.63) is 35.9 Å². The maximum Gasteiger partial charge on any atom is 0.330 e. The van der Waals surface area contributed by atoms with Gasteiger partial charge >= 0.3 is 12.0 Å². The molecule has 0 spiro atoms. The van der Waals surface area contributed by atoms with E-state index in [2.05, 4.69) is 12.2 Å². The molecule has 2 N–H and O–H groups in total. The van der Waals surface area contributed by atoms with E-state index < -0.39 is 12.0 Å². The topological polar surface area (TPSA) is 69.6 Å². The van der Waals surface area contributed by atoms with Crippen molar-refractivity contribution < 1.29 is 14.7 Å². The van der Waals surface area contributed by atoms with Crippen LogP contribution in [0.4, 0.5) is 4.79 Å². The summed E-state index contributed by atoms with van der Waals surface area (Å²) in [6.07, 6.45) is 2.09. The molecule has 20 heavy (non-hydrogen) atoms. The van der Waals surface area contributed by atoms with Crippen molar-refractivity contribution >= 4 is 12.0 Å². The van der Waals surface area contributed by atoms with E-state index in [1.165, 1.54) is 0 Å². The molecule has 0 aromatic heterocycles. The monoisotopic (exact) mass is 276 g/mol. The fourth-order valence-electron chi connectivity index (χ4n) is 2.52. The van der Waals surface area contributed by atoms with Crippen LogP contribution in [0.5, 0.6) is 0 Å². The Bertz CT molecular complexity index is 475. The highest BCUT2D eigenvalue weighted by atomic mass is 16.4. The van der Waals surface area contributed by atoms with Gasteiger partial charge in [-0.2, -0.15) is 0 Å². The molecular weight excluding hydrogens is 256 g/mol. The largest absolute Gasteiger partial charge is 0.479 e. The van der Waals surface area contributed by atoms with Crippen molar-refractivity contribution in [1.29, 1.82) is 0 Å². The van der Waals surface area contributed by atoms with E-state index in [-0.39, 0.29) is 6.03 Å². The molecule has 108 valence electrons. The van der Waals surface area contributed by atoms with Crippen LogP contribution in [0.25, 0.3) is 0 Å². The molecule has 1 aliphatic heterocycles. The predicted octanol–water partition coefficient (Wildman–Crippen LogP) is 2.25. The number of aliphatic carboxylic acids is 1. The summed E-state index contributed by atoms with van der Waals surface area (Å²) in [4.78, 5) is 25.2. The van der Waals surface area contributed by atoms with E-state index in [4.69, 9.17) is 0 Å². The zero-order valence-electron chi connectivity index (χ0n) is 11.6. The van der Waals surface area contributed by atoms with Crippen LogP contribution in [0.3, 0.4) is 0 Å². The summed E-state index contributed by atoms with van der Waals surface area (Å²) in [6, 6.07) is 7.46. The number of carbonyl (C=O) groups excluding carboxylic acids is 1. The molecule has 1 heterocycles. The van der Waals surface area contributed by atoms with E-state index in [0.29, 0.717) is 24.6 Å². The van der Waals surface area contributed by atoms with Gasteiger partial charge in [-0.25, -0.2) is 9.59 Å². The molecular formula is C15H20N2O3. The molecule has 2 rings (SSSR count). The summed E-state index contributed by atoms with van der Waals surface area (Å²) in [5, 5.41) is 11.9. The Morgan fingerprint density at radius 3 is 2.65 bits per heavy atom. The van der Waals surface area contributed by atoms with Gasteiger partial charge in [0.05, 0.1) is 0 Å². The normalized spacial score (nSPS) is 20.2. The SMILES string of the molecule is CC1CCCN(C(=O)N[C@@H](C(=O)O)c2ccccc2)C1. The molecule has 5 nitrogen and oxygen atoms in total. The molecule has 1 unspecified atom stereocenters. The third kappa shape index (κ3) is 3.50. The second kappa shape index (κ2) is 6.41. The molecule has 0 saturated carbocycles. The molecule has 1 aromatic rings. The molecule has 1 aliphatic rings. The fourth-order valence-corrected chi connectivity index (χ4v) is 2.52. The average molecular weight is 276 g/mol. The van der Waals surface area contributed by atoms with E-state index >= 15 is 0 Å². The van der Waals surface area contributed by atoms with Gasteiger partial charge in [0.25, 0.3) is 0 Å². The Balaban J connectivity index is 2.05. The van der Waals surface area contributed by atoms with Crippen molar-refractivity contribution in [3.8, 4) is 0 Å². The minimum atomic E-state index is -1.05. The van der Waals surface area contributed by atoms with Gasteiger partial charge < -0.3 is 15.3 Å². The lowest BCUT2D eigenvalue weighted by atomic mass is 10.0. The molecule has 1 fully saturated rings. The Labute approximate surface area is 118 Å². The lowest BCUT2D eigenvalue weighted by Crippen LogP contribution is -2.47. The lowest BCUT2D eigenvalue weighted by molar-refractivity contribution is -0.139. The van der Waals surface area contributed by atoms with Gasteiger partial charge in [0, 0.05) is 13.1 Å². The number of nitrogens with one attached hydrogen (secondary N) is 1. The van der Waals surface area contributed by atoms with Crippen molar-refractivity contribution in [2.75, 3.05) is 13.1 Å². The molecule has 0 bridgehead atoms. The molecule has 1 saturated heterocycles. The lowest BCUT2D eigenvalue weighted by Gasteiger charge is -2.31. The number of benzene rings is 1. The number of rotatable bonds is 3. The second-order valence-corrected chi connectivity index (χ2v) is 5.32. The molecule has 2 atom stereocenters. The molecule has 1 aromatic carbocycles. The first-order valence-electron chi connectivity index (χ1n) is 6.91. The third-order valence-corrected chi connectivity index (χ3v) is 3.59. The Hall–Kier alpha value is -2.04. The Morgan fingerprint density at radius 2 is 2.05 bits per heavy atom. The maximum atomic E-state index is 12.2. The third-order valence-electron chi connectivity index (χ3n) is 3.59. The van der Waals surface area contributed by atoms with Crippen molar-refractivity contribution in [3.63, 3.8) is 0 Å². The number of carbonyl (C=O) groups is 2. The van der Waals surface area contributed by atoms with Crippen LogP contribution in [0.15, 0.2) is 30.3 Å². The van der Waals surface area contributed by atoms with E-state index in [1.807, 2.05) is 6.07 Å². The van der Waals surface area contributed by atoms with Gasteiger partial charge in [0.2, 0.25) is 0 Å². The van der Waals surface area contributed by atoms with Crippen LogP contribution in [-0.4, -0.2) is 35.1 Å². The molecule has 2 amide bonds. The number of urea groups is 1.